The zero-order valence-electron chi connectivity index (χ0n) is 12.1. The highest BCUT2D eigenvalue weighted by Crippen LogP contribution is 2.29. The van der Waals surface area contributed by atoms with Crippen LogP contribution in [-0.2, 0) is 17.3 Å². The summed E-state index contributed by atoms with van der Waals surface area (Å²) in [4.78, 5) is 0. The van der Waals surface area contributed by atoms with Gasteiger partial charge in [-0.1, -0.05) is 32.0 Å². The molecule has 0 radical (unpaired) electrons. The molecule has 0 aromatic heterocycles. The molecule has 0 bridgehead atoms. The lowest BCUT2D eigenvalue weighted by Gasteiger charge is -2.26. The van der Waals surface area contributed by atoms with E-state index in [1.165, 1.54) is 12.1 Å². The van der Waals surface area contributed by atoms with E-state index in [0.717, 1.165) is 19.0 Å². The van der Waals surface area contributed by atoms with Crippen LogP contribution < -0.4 is 5.32 Å². The SMILES string of the molecule is CCNC(Cc1cccc(C(F)(F)F)c1)C(CC)OC. The molecule has 0 amide bonds. The fraction of sp³-hybridized carbons (Fsp3) is 0.600. The van der Waals surface area contributed by atoms with Gasteiger partial charge in [-0.2, -0.15) is 13.2 Å². The number of nitrogens with one attached hydrogen (secondary N) is 1. The third kappa shape index (κ3) is 4.80. The molecule has 0 aliphatic heterocycles. The fourth-order valence-electron chi connectivity index (χ4n) is 2.34. The summed E-state index contributed by atoms with van der Waals surface area (Å²) in [6, 6.07) is 5.50. The standard InChI is InChI=1S/C15H22F3NO/c1-4-14(20-3)13(19-5-2)10-11-7-6-8-12(9-11)15(16,17)18/h6-9,13-14,19H,4-5,10H2,1-3H3. The van der Waals surface area contributed by atoms with E-state index in [9.17, 15) is 13.2 Å². The summed E-state index contributed by atoms with van der Waals surface area (Å²) in [5.41, 5.74) is 0.0667. The third-order valence-corrected chi connectivity index (χ3v) is 3.33. The molecular weight excluding hydrogens is 267 g/mol. The molecule has 5 heteroatoms. The Balaban J connectivity index is 2.88. The van der Waals surface area contributed by atoms with Crippen LogP contribution in [0.1, 0.15) is 31.4 Å². The molecule has 20 heavy (non-hydrogen) atoms. The Morgan fingerprint density at radius 2 is 1.95 bits per heavy atom. The summed E-state index contributed by atoms with van der Waals surface area (Å²) < 4.78 is 43.5. The van der Waals surface area contributed by atoms with Gasteiger partial charge in [0.05, 0.1) is 11.7 Å². The van der Waals surface area contributed by atoms with Gasteiger partial charge in [0.15, 0.2) is 0 Å². The van der Waals surface area contributed by atoms with Gasteiger partial charge < -0.3 is 10.1 Å². The topological polar surface area (TPSA) is 21.3 Å². The Bertz CT molecular complexity index is 402. The molecule has 0 saturated heterocycles. The van der Waals surface area contributed by atoms with Crippen LogP contribution in [0.25, 0.3) is 0 Å². The molecule has 0 fully saturated rings. The molecule has 0 heterocycles. The highest BCUT2D eigenvalue weighted by Gasteiger charge is 2.30. The average molecular weight is 289 g/mol. The van der Waals surface area contributed by atoms with Crippen molar-refractivity contribution in [2.75, 3.05) is 13.7 Å². The van der Waals surface area contributed by atoms with Crippen molar-refractivity contribution < 1.29 is 17.9 Å². The minimum Gasteiger partial charge on any atom is -0.380 e. The van der Waals surface area contributed by atoms with E-state index in [0.29, 0.717) is 12.0 Å². The first-order valence-corrected chi connectivity index (χ1v) is 6.84. The molecule has 2 unspecified atom stereocenters. The number of halogens is 3. The smallest absolute Gasteiger partial charge is 0.380 e. The first-order chi connectivity index (χ1) is 9.42. The van der Waals surface area contributed by atoms with Crippen LogP contribution in [0.2, 0.25) is 0 Å². The van der Waals surface area contributed by atoms with Gasteiger partial charge in [0, 0.05) is 13.2 Å². The maximum atomic E-state index is 12.7. The molecule has 2 atom stereocenters. The third-order valence-electron chi connectivity index (χ3n) is 3.33. The number of alkyl halides is 3. The van der Waals surface area contributed by atoms with Crippen LogP contribution in [0, 0.1) is 0 Å². The highest BCUT2D eigenvalue weighted by atomic mass is 19.4. The van der Waals surface area contributed by atoms with Crippen molar-refractivity contribution in [1.29, 1.82) is 0 Å². The lowest BCUT2D eigenvalue weighted by atomic mass is 9.98. The number of benzene rings is 1. The minimum absolute atomic E-state index is 0.00973. The zero-order chi connectivity index (χ0) is 15.2. The summed E-state index contributed by atoms with van der Waals surface area (Å²) >= 11 is 0. The minimum atomic E-state index is -4.30. The molecular formula is C15H22F3NO. The van der Waals surface area contributed by atoms with Gasteiger partial charge >= 0.3 is 6.18 Å². The van der Waals surface area contributed by atoms with Gasteiger partial charge in [-0.05, 0) is 31.0 Å². The lowest BCUT2D eigenvalue weighted by molar-refractivity contribution is -0.137. The van der Waals surface area contributed by atoms with E-state index in [2.05, 4.69) is 5.32 Å². The largest absolute Gasteiger partial charge is 0.416 e. The van der Waals surface area contributed by atoms with Crippen LogP contribution in [0.3, 0.4) is 0 Å². The lowest BCUT2D eigenvalue weighted by Crippen LogP contribution is -2.42. The molecule has 0 aliphatic rings. The van der Waals surface area contributed by atoms with E-state index in [1.54, 1.807) is 13.2 Å². The van der Waals surface area contributed by atoms with Crippen molar-refractivity contribution in [3.63, 3.8) is 0 Å². The number of rotatable bonds is 7. The maximum Gasteiger partial charge on any atom is 0.416 e. The summed E-state index contributed by atoms with van der Waals surface area (Å²) in [5.74, 6) is 0. The van der Waals surface area contributed by atoms with Gasteiger partial charge in [-0.15, -0.1) is 0 Å². The summed E-state index contributed by atoms with van der Waals surface area (Å²) in [5, 5.41) is 3.28. The highest BCUT2D eigenvalue weighted by molar-refractivity contribution is 5.26. The molecule has 1 N–H and O–H groups in total. The number of methoxy groups -OCH3 is 1. The van der Waals surface area contributed by atoms with Gasteiger partial charge in [0.25, 0.3) is 0 Å². The Morgan fingerprint density at radius 1 is 1.25 bits per heavy atom. The van der Waals surface area contributed by atoms with Crippen molar-refractivity contribution in [3.8, 4) is 0 Å². The Morgan fingerprint density at radius 3 is 2.45 bits per heavy atom. The van der Waals surface area contributed by atoms with Crippen LogP contribution in [0.15, 0.2) is 24.3 Å². The molecule has 0 spiro atoms. The molecule has 114 valence electrons. The summed E-state index contributed by atoms with van der Waals surface area (Å²) in [6.07, 6.45) is -2.98. The zero-order valence-corrected chi connectivity index (χ0v) is 12.1. The van der Waals surface area contributed by atoms with E-state index in [-0.39, 0.29) is 12.1 Å². The van der Waals surface area contributed by atoms with Crippen molar-refractivity contribution in [1.82, 2.24) is 5.32 Å². The van der Waals surface area contributed by atoms with E-state index < -0.39 is 11.7 Å². The molecule has 1 aromatic carbocycles. The Labute approximate surface area is 118 Å². The number of hydrogen-bond donors (Lipinski definition) is 1. The van der Waals surface area contributed by atoms with Crippen molar-refractivity contribution in [3.05, 3.63) is 35.4 Å². The van der Waals surface area contributed by atoms with E-state index >= 15 is 0 Å². The van der Waals surface area contributed by atoms with Crippen molar-refractivity contribution in [2.24, 2.45) is 0 Å². The van der Waals surface area contributed by atoms with Crippen LogP contribution in [0.5, 0.6) is 0 Å². The fourth-order valence-corrected chi connectivity index (χ4v) is 2.34. The average Bonchev–Trinajstić information content (AvgIpc) is 2.39. The quantitative estimate of drug-likeness (QED) is 0.827. The number of ether oxygens (including phenoxy) is 1. The second-order valence-corrected chi connectivity index (χ2v) is 4.75. The molecule has 0 aliphatic carbocycles. The van der Waals surface area contributed by atoms with E-state index in [1.807, 2.05) is 13.8 Å². The second kappa shape index (κ2) is 7.64. The molecule has 2 nitrogen and oxygen atoms in total. The maximum absolute atomic E-state index is 12.7. The van der Waals surface area contributed by atoms with Gasteiger partial charge in [-0.25, -0.2) is 0 Å². The van der Waals surface area contributed by atoms with Crippen molar-refractivity contribution in [2.45, 2.75) is 45.0 Å². The van der Waals surface area contributed by atoms with Crippen molar-refractivity contribution >= 4 is 0 Å². The second-order valence-electron chi connectivity index (χ2n) is 4.75. The molecule has 0 saturated carbocycles. The number of hydrogen-bond acceptors (Lipinski definition) is 2. The van der Waals surface area contributed by atoms with Gasteiger partial charge in [0.1, 0.15) is 0 Å². The van der Waals surface area contributed by atoms with Gasteiger partial charge in [0.2, 0.25) is 0 Å². The molecule has 1 aromatic rings. The van der Waals surface area contributed by atoms with E-state index in [4.69, 9.17) is 4.74 Å². The number of likely N-dealkylation sites (N-methyl/N-ethyl adjacent to an activating group) is 1. The predicted octanol–water partition coefficient (Wildman–Crippen LogP) is 3.65. The normalized spacial score (nSPS) is 15.1. The summed E-state index contributed by atoms with van der Waals surface area (Å²) in [6.45, 7) is 4.73. The monoisotopic (exact) mass is 289 g/mol. The van der Waals surface area contributed by atoms with Crippen LogP contribution in [0.4, 0.5) is 13.2 Å². The first kappa shape index (κ1) is 17.0. The first-order valence-electron chi connectivity index (χ1n) is 6.84. The predicted molar refractivity (Wildman–Crippen MR) is 73.7 cm³/mol. The van der Waals surface area contributed by atoms with Gasteiger partial charge in [-0.3, -0.25) is 0 Å². The Kier molecular flexibility index (Phi) is 6.49. The Hall–Kier alpha value is -1.07. The van der Waals surface area contributed by atoms with Crippen LogP contribution >= 0.6 is 0 Å². The van der Waals surface area contributed by atoms with Crippen LogP contribution in [-0.4, -0.2) is 25.8 Å². The molecule has 1 rings (SSSR count). The summed E-state index contributed by atoms with van der Waals surface area (Å²) in [7, 11) is 1.63.